The predicted octanol–water partition coefficient (Wildman–Crippen LogP) is 4.96. The number of furan rings is 1. The van der Waals surface area contributed by atoms with Crippen LogP contribution in [-0.4, -0.2) is 73.2 Å². The van der Waals surface area contributed by atoms with E-state index in [1.54, 1.807) is 31.2 Å². The molecule has 222 valence electrons. The van der Waals surface area contributed by atoms with Crippen molar-refractivity contribution in [1.29, 1.82) is 0 Å². The monoisotopic (exact) mass is 590 g/mol. The summed E-state index contributed by atoms with van der Waals surface area (Å²) in [7, 11) is 0. The van der Waals surface area contributed by atoms with Gasteiger partial charge in [0.05, 0.1) is 17.6 Å². The van der Waals surface area contributed by atoms with Crippen molar-refractivity contribution >= 4 is 50.8 Å². The molecule has 2 atom stereocenters. The molecule has 0 unspecified atom stereocenters. The Bertz CT molecular complexity index is 1860. The van der Waals surface area contributed by atoms with Gasteiger partial charge >= 0.3 is 5.97 Å². The summed E-state index contributed by atoms with van der Waals surface area (Å²) < 4.78 is 42.3. The molecule has 2 fully saturated rings. The highest BCUT2D eigenvalue weighted by atomic mass is 19.3. The van der Waals surface area contributed by atoms with Gasteiger partial charge in [0.2, 0.25) is 5.91 Å². The number of fused-ring (bicyclic) bond motifs is 4. The van der Waals surface area contributed by atoms with Crippen LogP contribution in [-0.2, 0) is 9.59 Å². The number of nitrogens with zero attached hydrogens (tertiary/aromatic N) is 6. The number of ether oxygens (including phenoxy) is 1. The van der Waals surface area contributed by atoms with Crippen LogP contribution in [0.4, 0.5) is 14.6 Å². The number of halogens is 2. The van der Waals surface area contributed by atoms with Crippen LogP contribution < -0.4 is 9.64 Å². The van der Waals surface area contributed by atoms with Gasteiger partial charge in [0.25, 0.3) is 12.4 Å². The van der Waals surface area contributed by atoms with E-state index >= 15 is 0 Å². The minimum absolute atomic E-state index is 0.0138. The summed E-state index contributed by atoms with van der Waals surface area (Å²) in [6.45, 7) is 2.83. The Kier molecular flexibility index (Phi) is 6.59. The molecule has 7 rings (SSSR count). The number of aromatic nitrogens is 4. The zero-order valence-electron chi connectivity index (χ0n) is 23.2. The normalized spacial score (nSPS) is 19.7. The van der Waals surface area contributed by atoms with Crippen LogP contribution in [0.15, 0.2) is 52.9 Å². The molecule has 1 amide bonds. The lowest BCUT2D eigenvalue weighted by Gasteiger charge is -2.33. The van der Waals surface area contributed by atoms with Gasteiger partial charge in [0, 0.05) is 37.9 Å². The van der Waals surface area contributed by atoms with Crippen LogP contribution in [0.1, 0.15) is 44.5 Å². The topological polar surface area (TPSA) is 127 Å². The van der Waals surface area contributed by atoms with E-state index in [-0.39, 0.29) is 41.8 Å². The molecule has 3 aromatic heterocycles. The van der Waals surface area contributed by atoms with Gasteiger partial charge in [-0.3, -0.25) is 9.36 Å². The Morgan fingerprint density at radius 3 is 2.53 bits per heavy atom. The molecular weight excluding hydrogens is 562 g/mol. The molecule has 43 heavy (non-hydrogen) atoms. The molecule has 0 bridgehead atoms. The van der Waals surface area contributed by atoms with Gasteiger partial charge < -0.3 is 24.1 Å². The summed E-state index contributed by atoms with van der Waals surface area (Å²) in [5.41, 5.74) is 2.38. The summed E-state index contributed by atoms with van der Waals surface area (Å²) in [6, 6.07) is 13.8. The van der Waals surface area contributed by atoms with Crippen LogP contribution in [0.5, 0.6) is 6.01 Å². The van der Waals surface area contributed by atoms with Gasteiger partial charge in [-0.1, -0.05) is 24.3 Å². The van der Waals surface area contributed by atoms with E-state index < -0.39 is 30.4 Å². The number of para-hydroxylation sites is 3. The van der Waals surface area contributed by atoms with Crippen molar-refractivity contribution in [3.8, 4) is 6.01 Å². The third-order valence-electron chi connectivity index (χ3n) is 8.34. The molecule has 2 saturated heterocycles. The first-order valence-electron chi connectivity index (χ1n) is 14.1. The molecule has 1 N–H and O–H groups in total. The number of alkyl halides is 2. The van der Waals surface area contributed by atoms with E-state index in [0.29, 0.717) is 42.9 Å². The number of likely N-dealkylation sites (tertiary alicyclic amines) is 1. The Labute approximate surface area is 243 Å². The number of piperidine rings is 1. The number of carbonyl (C=O) groups excluding carboxylic acids is 1. The maximum absolute atomic E-state index is 13.9. The van der Waals surface area contributed by atoms with Crippen molar-refractivity contribution < 1.29 is 32.6 Å². The van der Waals surface area contributed by atoms with Crippen molar-refractivity contribution in [2.45, 2.75) is 50.8 Å². The van der Waals surface area contributed by atoms with Crippen molar-refractivity contribution in [2.24, 2.45) is 0 Å². The third kappa shape index (κ3) is 4.68. The highest BCUT2D eigenvalue weighted by molar-refractivity contribution is 6.06. The number of hydrogen-bond acceptors (Lipinski definition) is 8. The largest absolute Gasteiger partial charge is 0.480 e. The molecule has 2 aromatic carbocycles. The fourth-order valence-electron chi connectivity index (χ4n) is 6.28. The number of anilines is 1. The molecule has 2 aliphatic heterocycles. The van der Waals surface area contributed by atoms with Crippen LogP contribution >= 0.6 is 0 Å². The van der Waals surface area contributed by atoms with E-state index in [9.17, 15) is 23.5 Å². The van der Waals surface area contributed by atoms with Gasteiger partial charge in [0.15, 0.2) is 17.2 Å². The van der Waals surface area contributed by atoms with Crippen molar-refractivity contribution in [1.82, 2.24) is 24.4 Å². The Balaban J connectivity index is 1.25. The molecule has 13 heteroatoms. The molecule has 11 nitrogen and oxygen atoms in total. The number of benzene rings is 2. The first-order chi connectivity index (χ1) is 20.8. The Morgan fingerprint density at radius 1 is 1.05 bits per heavy atom. The van der Waals surface area contributed by atoms with Gasteiger partial charge in [-0.2, -0.15) is 4.98 Å². The van der Waals surface area contributed by atoms with Crippen molar-refractivity contribution in [3.63, 3.8) is 0 Å². The van der Waals surface area contributed by atoms with Gasteiger partial charge in [-0.25, -0.2) is 23.5 Å². The number of aliphatic carboxylic acids is 1. The Hall–Kier alpha value is -4.81. The molecule has 5 aromatic rings. The van der Waals surface area contributed by atoms with Crippen LogP contribution in [0.2, 0.25) is 0 Å². The predicted molar refractivity (Wildman–Crippen MR) is 152 cm³/mol. The lowest BCUT2D eigenvalue weighted by molar-refractivity contribution is -0.138. The van der Waals surface area contributed by atoms with Crippen LogP contribution in [0.25, 0.3) is 33.1 Å². The second-order valence-electron chi connectivity index (χ2n) is 11.0. The zero-order chi connectivity index (χ0) is 29.8. The number of amides is 1. The molecule has 0 aliphatic carbocycles. The quantitative estimate of drug-likeness (QED) is 0.292. The first kappa shape index (κ1) is 27.0. The van der Waals surface area contributed by atoms with Crippen molar-refractivity contribution in [2.75, 3.05) is 24.5 Å². The highest BCUT2D eigenvalue weighted by Crippen LogP contribution is 2.39. The maximum Gasteiger partial charge on any atom is 0.326 e. The average molecular weight is 591 g/mol. The third-order valence-corrected chi connectivity index (χ3v) is 8.34. The lowest BCUT2D eigenvalue weighted by atomic mass is 10.0. The van der Waals surface area contributed by atoms with E-state index in [0.717, 1.165) is 11.0 Å². The summed E-state index contributed by atoms with van der Waals surface area (Å²) in [6.07, 6.45) is -2.11. The Morgan fingerprint density at radius 2 is 1.79 bits per heavy atom. The van der Waals surface area contributed by atoms with E-state index in [2.05, 4.69) is 9.97 Å². The maximum atomic E-state index is 13.9. The zero-order valence-corrected chi connectivity index (χ0v) is 23.2. The highest BCUT2D eigenvalue weighted by Gasteiger charge is 2.42. The number of imidazole rings is 1. The number of carboxylic acid groups (broad SMARTS) is 1. The smallest absolute Gasteiger partial charge is 0.326 e. The standard InChI is InChI=1S/C30H28F2N6O5/c1-16(39)36-12-10-17(11-13-36)38-21-8-4-3-7-20(21)33-30(38)42-18-14-22(29(40)41)37(15-18)28-25-24(34-27(35-28)26(31)32)19-6-2-5-9-23(19)43-25/h2-9,17-18,22,26H,10-15H2,1H3,(H,40,41)/t18-,22-/m0/s1. The number of rotatable bonds is 6. The van der Waals surface area contributed by atoms with Gasteiger partial charge in [-0.05, 0) is 37.1 Å². The van der Waals surface area contributed by atoms with Gasteiger partial charge in [-0.15, -0.1) is 0 Å². The second-order valence-corrected chi connectivity index (χ2v) is 11.0. The van der Waals surface area contributed by atoms with E-state index in [4.69, 9.17) is 14.1 Å². The minimum atomic E-state index is -2.97. The first-order valence-corrected chi connectivity index (χ1v) is 14.1. The summed E-state index contributed by atoms with van der Waals surface area (Å²) >= 11 is 0. The second kappa shape index (κ2) is 10.5. The van der Waals surface area contributed by atoms with E-state index in [1.165, 1.54) is 4.90 Å². The van der Waals surface area contributed by atoms with Crippen LogP contribution in [0.3, 0.4) is 0 Å². The number of carbonyl (C=O) groups is 2. The summed E-state index contributed by atoms with van der Waals surface area (Å²) in [5, 5.41) is 10.7. The van der Waals surface area contributed by atoms with Crippen LogP contribution in [0, 0.1) is 0 Å². The molecule has 2 aliphatic rings. The summed E-state index contributed by atoms with van der Waals surface area (Å²) in [5.74, 6) is -1.83. The average Bonchev–Trinajstić information content (AvgIpc) is 3.70. The lowest BCUT2D eigenvalue weighted by Crippen LogP contribution is -2.38. The van der Waals surface area contributed by atoms with Gasteiger partial charge in [0.1, 0.15) is 23.2 Å². The fourth-order valence-corrected chi connectivity index (χ4v) is 6.28. The molecule has 0 radical (unpaired) electrons. The molecule has 5 heterocycles. The molecule has 0 saturated carbocycles. The SMILES string of the molecule is CC(=O)N1CCC(n2c(O[C@H]3C[C@@H](C(=O)O)N(c4nc(C(F)F)nc5c4oc4ccccc45)C3)nc3ccccc32)CC1. The van der Waals surface area contributed by atoms with E-state index in [1.807, 2.05) is 33.7 Å². The summed E-state index contributed by atoms with van der Waals surface area (Å²) in [4.78, 5) is 40.5. The molecular formula is C30H28F2N6O5. The molecule has 0 spiro atoms. The number of carboxylic acids is 1. The minimum Gasteiger partial charge on any atom is -0.480 e. The fraction of sp³-hybridized carbons (Fsp3) is 0.367. The van der Waals surface area contributed by atoms with Crippen molar-refractivity contribution in [3.05, 3.63) is 54.4 Å². The number of hydrogen-bond donors (Lipinski definition) is 1.